The van der Waals surface area contributed by atoms with Gasteiger partial charge in [0.15, 0.2) is 11.3 Å². The van der Waals surface area contributed by atoms with Crippen LogP contribution in [0.4, 0.5) is 0 Å². The molecule has 1 aromatic carbocycles. The zero-order chi connectivity index (χ0) is 13.2. The molecule has 2 aliphatic rings. The van der Waals surface area contributed by atoms with Crippen molar-refractivity contribution in [2.45, 2.75) is 12.5 Å². The number of esters is 1. The van der Waals surface area contributed by atoms with Gasteiger partial charge in [0.25, 0.3) is 5.91 Å². The second-order valence-corrected chi connectivity index (χ2v) is 5.36. The maximum absolute atomic E-state index is 12.0. The maximum atomic E-state index is 12.0. The van der Waals surface area contributed by atoms with Crippen molar-refractivity contribution >= 4 is 28.8 Å². The van der Waals surface area contributed by atoms with E-state index in [0.29, 0.717) is 23.7 Å². The Bertz CT molecular complexity index is 571. The molecule has 6 heteroatoms. The van der Waals surface area contributed by atoms with Crippen molar-refractivity contribution in [1.82, 2.24) is 5.32 Å². The van der Waals surface area contributed by atoms with Gasteiger partial charge in [-0.25, -0.2) is 4.79 Å². The molecular weight excluding hydrogens is 264 g/mol. The van der Waals surface area contributed by atoms with Crippen molar-refractivity contribution in [2.75, 3.05) is 12.3 Å². The number of thioether (sulfide) groups is 1. The highest BCUT2D eigenvalue weighted by Crippen LogP contribution is 2.21. The second kappa shape index (κ2) is 5.05. The van der Waals surface area contributed by atoms with Crippen LogP contribution in [0, 0.1) is 0 Å². The van der Waals surface area contributed by atoms with Gasteiger partial charge in [0.1, 0.15) is 0 Å². The molecule has 1 atom stereocenters. The minimum atomic E-state index is -0.772. The Morgan fingerprint density at radius 1 is 1.42 bits per heavy atom. The molecule has 2 aliphatic heterocycles. The molecule has 0 aromatic heterocycles. The average molecular weight is 276 g/mol. The number of amidine groups is 1. The Hall–Kier alpha value is -1.82. The van der Waals surface area contributed by atoms with Crippen LogP contribution in [-0.2, 0) is 16.0 Å². The van der Waals surface area contributed by atoms with E-state index in [9.17, 15) is 9.59 Å². The first-order chi connectivity index (χ1) is 9.24. The quantitative estimate of drug-likeness (QED) is 0.777. The molecule has 19 heavy (non-hydrogen) atoms. The van der Waals surface area contributed by atoms with E-state index < -0.39 is 12.1 Å². The smallest absolute Gasteiger partial charge is 0.339 e. The number of rotatable bonds is 1. The largest absolute Gasteiger partial charge is 0.448 e. The lowest BCUT2D eigenvalue weighted by molar-refractivity contribution is -0.128. The summed E-state index contributed by atoms with van der Waals surface area (Å²) in [7, 11) is 0. The van der Waals surface area contributed by atoms with Gasteiger partial charge in [-0.05, 0) is 11.6 Å². The molecule has 5 nitrogen and oxygen atoms in total. The van der Waals surface area contributed by atoms with E-state index in [4.69, 9.17) is 4.74 Å². The van der Waals surface area contributed by atoms with Crippen LogP contribution in [0.15, 0.2) is 29.3 Å². The predicted octanol–water partition coefficient (Wildman–Crippen LogP) is 0.987. The Morgan fingerprint density at radius 2 is 2.26 bits per heavy atom. The molecule has 1 amide bonds. The van der Waals surface area contributed by atoms with Gasteiger partial charge in [-0.15, -0.1) is 0 Å². The molecule has 0 spiro atoms. The topological polar surface area (TPSA) is 67.8 Å². The molecule has 0 bridgehead atoms. The van der Waals surface area contributed by atoms with Crippen molar-refractivity contribution < 1.29 is 14.3 Å². The minimum absolute atomic E-state index is 0.309. The van der Waals surface area contributed by atoms with Crippen LogP contribution in [0.1, 0.15) is 15.9 Å². The van der Waals surface area contributed by atoms with Crippen LogP contribution in [0.5, 0.6) is 0 Å². The monoisotopic (exact) mass is 276 g/mol. The number of benzene rings is 1. The average Bonchev–Trinajstić information content (AvgIpc) is 2.91. The third-order valence-corrected chi connectivity index (χ3v) is 3.89. The molecule has 2 heterocycles. The first-order valence-corrected chi connectivity index (χ1v) is 6.99. The van der Waals surface area contributed by atoms with Gasteiger partial charge in [-0.2, -0.15) is 0 Å². The van der Waals surface area contributed by atoms with Crippen molar-refractivity contribution in [2.24, 2.45) is 4.99 Å². The summed E-state index contributed by atoms with van der Waals surface area (Å²) < 4.78 is 5.17. The second-order valence-electron chi connectivity index (χ2n) is 4.28. The summed E-state index contributed by atoms with van der Waals surface area (Å²) in [6.45, 7) is 0.716. The molecule has 0 saturated carbocycles. The fourth-order valence-electron chi connectivity index (χ4n) is 2.07. The molecule has 0 saturated heterocycles. The van der Waals surface area contributed by atoms with E-state index in [1.807, 2.05) is 12.1 Å². The highest BCUT2D eigenvalue weighted by atomic mass is 32.2. The molecule has 0 aliphatic carbocycles. The number of aliphatic imine (C=N–C) groups is 1. The molecule has 1 aromatic rings. The Morgan fingerprint density at radius 3 is 3.05 bits per heavy atom. The van der Waals surface area contributed by atoms with Crippen LogP contribution in [-0.4, -0.2) is 35.4 Å². The maximum Gasteiger partial charge on any atom is 0.339 e. The van der Waals surface area contributed by atoms with Gasteiger partial charge in [-0.3, -0.25) is 9.79 Å². The third-order valence-electron chi connectivity index (χ3n) is 3.00. The minimum Gasteiger partial charge on any atom is -0.448 e. The molecule has 0 radical (unpaired) electrons. The van der Waals surface area contributed by atoms with Gasteiger partial charge in [0.2, 0.25) is 0 Å². The molecule has 0 unspecified atom stereocenters. The normalized spacial score (nSPS) is 21.4. The molecule has 1 N–H and O–H groups in total. The SMILES string of the molecule is O=C1O[C@H](C(=O)NC2=NCCS2)Cc2ccccc21. The fourth-order valence-corrected chi connectivity index (χ4v) is 2.81. The highest BCUT2D eigenvalue weighted by molar-refractivity contribution is 8.14. The fraction of sp³-hybridized carbons (Fsp3) is 0.308. The summed E-state index contributed by atoms with van der Waals surface area (Å²) in [5.41, 5.74) is 1.39. The summed E-state index contributed by atoms with van der Waals surface area (Å²) in [6, 6.07) is 7.19. The van der Waals surface area contributed by atoms with Crippen LogP contribution in [0.25, 0.3) is 0 Å². The number of hydrogen-bond donors (Lipinski definition) is 1. The number of nitrogens with zero attached hydrogens (tertiary/aromatic N) is 1. The number of carbonyl (C=O) groups excluding carboxylic acids is 2. The van der Waals surface area contributed by atoms with Crippen LogP contribution >= 0.6 is 11.8 Å². The number of amides is 1. The Balaban J connectivity index is 1.74. The van der Waals surface area contributed by atoms with Crippen molar-refractivity contribution in [3.05, 3.63) is 35.4 Å². The lowest BCUT2D eigenvalue weighted by atomic mass is 9.98. The van der Waals surface area contributed by atoms with E-state index in [2.05, 4.69) is 10.3 Å². The molecule has 98 valence electrons. The Labute approximate surface area is 114 Å². The van der Waals surface area contributed by atoms with E-state index in [0.717, 1.165) is 11.3 Å². The van der Waals surface area contributed by atoms with Crippen LogP contribution in [0.2, 0.25) is 0 Å². The molecule has 0 fully saturated rings. The third kappa shape index (κ3) is 2.49. The zero-order valence-corrected chi connectivity index (χ0v) is 10.9. The first-order valence-electron chi connectivity index (χ1n) is 6.01. The summed E-state index contributed by atoms with van der Waals surface area (Å²) in [6.07, 6.45) is -0.364. The number of nitrogens with one attached hydrogen (secondary N) is 1. The van der Waals surface area contributed by atoms with Gasteiger partial charge >= 0.3 is 5.97 Å². The van der Waals surface area contributed by atoms with Gasteiger partial charge in [0, 0.05) is 12.2 Å². The lowest BCUT2D eigenvalue weighted by Gasteiger charge is -2.23. The number of cyclic esters (lactones) is 1. The van der Waals surface area contributed by atoms with E-state index >= 15 is 0 Å². The zero-order valence-electron chi connectivity index (χ0n) is 10.1. The standard InChI is InChI=1S/C13H12N2O3S/c16-11(15-13-14-5-6-19-13)10-7-8-3-1-2-4-9(8)12(17)18-10/h1-4,10H,5-7H2,(H,14,15,16)/t10-/m0/s1. The van der Waals surface area contributed by atoms with Crippen LogP contribution in [0.3, 0.4) is 0 Å². The Kier molecular flexibility index (Phi) is 3.25. The van der Waals surface area contributed by atoms with Gasteiger partial charge in [0.05, 0.1) is 12.1 Å². The lowest BCUT2D eigenvalue weighted by Crippen LogP contribution is -2.43. The van der Waals surface area contributed by atoms with Crippen molar-refractivity contribution in [3.63, 3.8) is 0 Å². The van der Waals surface area contributed by atoms with Gasteiger partial charge in [-0.1, -0.05) is 30.0 Å². The van der Waals surface area contributed by atoms with E-state index in [1.54, 1.807) is 12.1 Å². The summed E-state index contributed by atoms with van der Waals surface area (Å²) in [4.78, 5) is 28.0. The van der Waals surface area contributed by atoms with E-state index in [1.165, 1.54) is 11.8 Å². The number of fused-ring (bicyclic) bond motifs is 1. The molecule has 3 rings (SSSR count). The van der Waals surface area contributed by atoms with Gasteiger partial charge < -0.3 is 10.1 Å². The van der Waals surface area contributed by atoms with Crippen LogP contribution < -0.4 is 5.32 Å². The summed E-state index contributed by atoms with van der Waals surface area (Å²) in [5.74, 6) is 0.127. The number of carbonyl (C=O) groups is 2. The summed E-state index contributed by atoms with van der Waals surface area (Å²) in [5, 5.41) is 3.31. The van der Waals surface area contributed by atoms with Crippen molar-refractivity contribution in [3.8, 4) is 0 Å². The highest BCUT2D eigenvalue weighted by Gasteiger charge is 2.31. The summed E-state index contributed by atoms with van der Waals surface area (Å²) >= 11 is 1.50. The van der Waals surface area contributed by atoms with Crippen molar-refractivity contribution in [1.29, 1.82) is 0 Å². The molecular formula is C13H12N2O3S. The predicted molar refractivity (Wildman–Crippen MR) is 72.3 cm³/mol. The first kappa shape index (κ1) is 12.2. The number of ether oxygens (including phenoxy) is 1. The van der Waals surface area contributed by atoms with E-state index in [-0.39, 0.29) is 5.91 Å². The number of hydrogen-bond acceptors (Lipinski definition) is 5.